The zero-order chi connectivity index (χ0) is 19.4. The van der Waals surface area contributed by atoms with Gasteiger partial charge in [-0.05, 0) is 36.8 Å². The van der Waals surface area contributed by atoms with E-state index in [2.05, 4.69) is 15.1 Å². The largest absolute Gasteiger partial charge is 0.325 e. The van der Waals surface area contributed by atoms with Crippen molar-refractivity contribution < 1.29 is 4.79 Å². The van der Waals surface area contributed by atoms with Crippen LogP contribution < -0.4 is 5.32 Å². The Bertz CT molecular complexity index is 800. The fraction of sp³-hybridized carbons (Fsp3) is 0.350. The van der Waals surface area contributed by atoms with E-state index in [-0.39, 0.29) is 5.91 Å². The Balaban J connectivity index is 1.49. The number of nitrogens with zero attached hydrogens (tertiary/aromatic N) is 2. The summed E-state index contributed by atoms with van der Waals surface area (Å²) in [4.78, 5) is 16.8. The first-order chi connectivity index (χ1) is 12.9. The second-order valence-electron chi connectivity index (χ2n) is 6.76. The lowest BCUT2D eigenvalue weighted by molar-refractivity contribution is -0.117. The molecule has 2 aromatic rings. The van der Waals surface area contributed by atoms with Gasteiger partial charge in [-0.2, -0.15) is 0 Å². The molecule has 0 aliphatic carbocycles. The van der Waals surface area contributed by atoms with Gasteiger partial charge in [0.25, 0.3) is 0 Å². The van der Waals surface area contributed by atoms with Gasteiger partial charge in [0.15, 0.2) is 0 Å². The molecule has 3 rings (SSSR count). The number of rotatable bonds is 5. The molecule has 0 saturated carbocycles. The number of hydrogen-bond donors (Lipinski definition) is 1. The van der Waals surface area contributed by atoms with E-state index in [1.54, 1.807) is 6.07 Å². The highest BCUT2D eigenvalue weighted by atomic mass is 35.5. The summed E-state index contributed by atoms with van der Waals surface area (Å²) in [6.45, 7) is 6.42. The average molecular weight is 427 g/mol. The smallest absolute Gasteiger partial charge is 0.238 e. The maximum Gasteiger partial charge on any atom is 0.238 e. The summed E-state index contributed by atoms with van der Waals surface area (Å²) < 4.78 is 0. The van der Waals surface area contributed by atoms with E-state index in [9.17, 15) is 4.79 Å². The van der Waals surface area contributed by atoms with Gasteiger partial charge in [-0.3, -0.25) is 14.6 Å². The van der Waals surface area contributed by atoms with Crippen molar-refractivity contribution in [2.24, 2.45) is 0 Å². The van der Waals surface area contributed by atoms with Gasteiger partial charge >= 0.3 is 0 Å². The molecule has 1 aliphatic rings. The molecule has 1 saturated heterocycles. The molecule has 1 amide bonds. The summed E-state index contributed by atoms with van der Waals surface area (Å²) in [5.41, 5.74) is 2.72. The number of amides is 1. The molecule has 1 N–H and O–H groups in total. The van der Waals surface area contributed by atoms with Crippen molar-refractivity contribution in [3.63, 3.8) is 0 Å². The molecule has 0 unspecified atom stereocenters. The summed E-state index contributed by atoms with van der Waals surface area (Å²) in [7, 11) is 0. The van der Waals surface area contributed by atoms with Gasteiger partial charge in [0, 0.05) is 59.0 Å². The Kier molecular flexibility index (Phi) is 7.01. The van der Waals surface area contributed by atoms with Crippen LogP contribution in [0.15, 0.2) is 36.4 Å². The topological polar surface area (TPSA) is 35.6 Å². The van der Waals surface area contributed by atoms with E-state index in [4.69, 9.17) is 34.8 Å². The van der Waals surface area contributed by atoms with Crippen LogP contribution in [0.3, 0.4) is 0 Å². The predicted octanol–water partition coefficient (Wildman–Crippen LogP) is 4.71. The Hall–Kier alpha value is -1.30. The minimum Gasteiger partial charge on any atom is -0.325 e. The quantitative estimate of drug-likeness (QED) is 0.752. The normalized spacial score (nSPS) is 15.7. The van der Waals surface area contributed by atoms with Crippen LogP contribution in [0.1, 0.15) is 11.1 Å². The van der Waals surface area contributed by atoms with E-state index >= 15 is 0 Å². The maximum atomic E-state index is 12.4. The van der Waals surface area contributed by atoms with Gasteiger partial charge in [-0.25, -0.2) is 0 Å². The minimum absolute atomic E-state index is 0.0250. The molecule has 0 bridgehead atoms. The van der Waals surface area contributed by atoms with E-state index < -0.39 is 0 Å². The predicted molar refractivity (Wildman–Crippen MR) is 113 cm³/mol. The molecule has 1 fully saturated rings. The van der Waals surface area contributed by atoms with Crippen LogP contribution in [0, 0.1) is 6.92 Å². The van der Waals surface area contributed by atoms with Gasteiger partial charge in [0.05, 0.1) is 6.54 Å². The third kappa shape index (κ3) is 5.59. The maximum absolute atomic E-state index is 12.4. The summed E-state index contributed by atoms with van der Waals surface area (Å²) in [5.74, 6) is -0.0250. The minimum atomic E-state index is -0.0250. The third-order valence-electron chi connectivity index (χ3n) is 4.75. The highest BCUT2D eigenvalue weighted by molar-refractivity contribution is 6.36. The molecule has 0 radical (unpaired) electrons. The van der Waals surface area contributed by atoms with Gasteiger partial charge in [-0.1, -0.05) is 46.9 Å². The number of benzene rings is 2. The average Bonchev–Trinajstić information content (AvgIpc) is 2.63. The fourth-order valence-electron chi connectivity index (χ4n) is 3.13. The van der Waals surface area contributed by atoms with E-state index in [1.165, 1.54) is 0 Å². The lowest BCUT2D eigenvalue weighted by atomic mass is 10.2. The number of hydrogen-bond acceptors (Lipinski definition) is 3. The van der Waals surface area contributed by atoms with Gasteiger partial charge < -0.3 is 5.32 Å². The summed E-state index contributed by atoms with van der Waals surface area (Å²) in [6.07, 6.45) is 0. The van der Waals surface area contributed by atoms with Crippen molar-refractivity contribution >= 4 is 46.4 Å². The van der Waals surface area contributed by atoms with Crippen molar-refractivity contribution in [2.75, 3.05) is 38.0 Å². The molecule has 7 heteroatoms. The Labute approximate surface area is 175 Å². The monoisotopic (exact) mass is 425 g/mol. The molecule has 2 aromatic carbocycles. The molecule has 4 nitrogen and oxygen atoms in total. The number of anilines is 1. The van der Waals surface area contributed by atoms with Gasteiger partial charge in [0.2, 0.25) is 5.91 Å². The van der Waals surface area contributed by atoms with E-state index in [0.717, 1.165) is 49.5 Å². The van der Waals surface area contributed by atoms with Crippen LogP contribution in [0.25, 0.3) is 0 Å². The number of carbonyl (C=O) groups excluding carboxylic acids is 1. The first-order valence-corrected chi connectivity index (χ1v) is 9.99. The zero-order valence-electron chi connectivity index (χ0n) is 15.1. The zero-order valence-corrected chi connectivity index (χ0v) is 17.4. The van der Waals surface area contributed by atoms with Gasteiger partial charge in [0.1, 0.15) is 0 Å². The second kappa shape index (κ2) is 9.26. The van der Waals surface area contributed by atoms with Crippen LogP contribution in [0.5, 0.6) is 0 Å². The summed E-state index contributed by atoms with van der Waals surface area (Å²) in [6, 6.07) is 11.1. The molecule has 144 valence electrons. The van der Waals surface area contributed by atoms with E-state index in [0.29, 0.717) is 21.6 Å². The number of aryl methyl sites for hydroxylation is 1. The highest BCUT2D eigenvalue weighted by Crippen LogP contribution is 2.26. The first-order valence-electron chi connectivity index (χ1n) is 8.86. The number of carbonyl (C=O) groups is 1. The van der Waals surface area contributed by atoms with Crippen LogP contribution in [0.2, 0.25) is 15.1 Å². The number of halogens is 3. The SMILES string of the molecule is Cc1ccc(Cl)cc1NC(=O)CN1CCN(Cc2c(Cl)cccc2Cl)CC1. The van der Waals surface area contributed by atoms with E-state index in [1.807, 2.05) is 37.3 Å². The van der Waals surface area contributed by atoms with Crippen LogP contribution in [-0.2, 0) is 11.3 Å². The molecule has 0 aromatic heterocycles. The van der Waals surface area contributed by atoms with Crippen molar-refractivity contribution in [3.05, 3.63) is 62.6 Å². The Morgan fingerprint density at radius 1 is 1.00 bits per heavy atom. The fourth-order valence-corrected chi connectivity index (χ4v) is 3.82. The molecule has 1 aliphatic heterocycles. The van der Waals surface area contributed by atoms with Crippen LogP contribution in [-0.4, -0.2) is 48.4 Å². The lowest BCUT2D eigenvalue weighted by Crippen LogP contribution is -2.48. The molecule has 0 spiro atoms. The van der Waals surface area contributed by atoms with Crippen LogP contribution >= 0.6 is 34.8 Å². The highest BCUT2D eigenvalue weighted by Gasteiger charge is 2.20. The molecule has 1 heterocycles. The molecule has 27 heavy (non-hydrogen) atoms. The molecule has 0 atom stereocenters. The summed E-state index contributed by atoms with van der Waals surface area (Å²) >= 11 is 18.5. The second-order valence-corrected chi connectivity index (χ2v) is 8.01. The van der Waals surface area contributed by atoms with Crippen molar-refractivity contribution in [1.29, 1.82) is 0 Å². The van der Waals surface area contributed by atoms with Crippen LogP contribution in [0.4, 0.5) is 5.69 Å². The number of piperazine rings is 1. The Morgan fingerprint density at radius 3 is 2.30 bits per heavy atom. The Morgan fingerprint density at radius 2 is 1.63 bits per heavy atom. The lowest BCUT2D eigenvalue weighted by Gasteiger charge is -2.34. The summed E-state index contributed by atoms with van der Waals surface area (Å²) in [5, 5.41) is 4.96. The van der Waals surface area contributed by atoms with Crippen molar-refractivity contribution in [3.8, 4) is 0 Å². The standard InChI is InChI=1S/C20H22Cl3N3O/c1-14-5-6-15(21)11-19(14)24-20(27)13-26-9-7-25(8-10-26)12-16-17(22)3-2-4-18(16)23/h2-6,11H,7-10,12-13H2,1H3,(H,24,27). The molecular formula is C20H22Cl3N3O. The third-order valence-corrected chi connectivity index (χ3v) is 5.69. The molecular weight excluding hydrogens is 405 g/mol. The number of nitrogens with one attached hydrogen (secondary N) is 1. The first kappa shape index (κ1) is 20.4. The van der Waals surface area contributed by atoms with Crippen molar-refractivity contribution in [2.45, 2.75) is 13.5 Å². The van der Waals surface area contributed by atoms with Crippen molar-refractivity contribution in [1.82, 2.24) is 9.80 Å². The van der Waals surface area contributed by atoms with Gasteiger partial charge in [-0.15, -0.1) is 0 Å².